The SMILES string of the molecule is O=C(CBr)C(Cc1ccccc1)N(Cc1ccccc1)Cc1ccccc1. The average molecular weight is 422 g/mol. The van der Waals surface area contributed by atoms with E-state index >= 15 is 0 Å². The van der Waals surface area contributed by atoms with Crippen molar-refractivity contribution in [2.24, 2.45) is 0 Å². The first-order valence-electron chi connectivity index (χ1n) is 9.21. The van der Waals surface area contributed by atoms with E-state index in [1.807, 2.05) is 30.3 Å². The molecule has 0 radical (unpaired) electrons. The predicted octanol–water partition coefficient (Wildman–Crippen LogP) is 5.26. The van der Waals surface area contributed by atoms with E-state index in [1.54, 1.807) is 0 Å². The molecule has 0 aromatic heterocycles. The van der Waals surface area contributed by atoms with Gasteiger partial charge in [0.05, 0.1) is 11.4 Å². The molecule has 0 saturated carbocycles. The highest BCUT2D eigenvalue weighted by atomic mass is 79.9. The third-order valence-corrected chi connectivity index (χ3v) is 5.23. The molecule has 3 heteroatoms. The molecule has 0 N–H and O–H groups in total. The molecule has 3 aromatic rings. The number of nitrogens with zero attached hydrogens (tertiary/aromatic N) is 1. The van der Waals surface area contributed by atoms with Crippen LogP contribution in [-0.2, 0) is 24.3 Å². The van der Waals surface area contributed by atoms with Crippen LogP contribution < -0.4 is 0 Å². The topological polar surface area (TPSA) is 20.3 Å². The highest BCUT2D eigenvalue weighted by Crippen LogP contribution is 2.18. The Labute approximate surface area is 170 Å². The molecule has 27 heavy (non-hydrogen) atoms. The lowest BCUT2D eigenvalue weighted by Gasteiger charge is -2.31. The number of carbonyl (C=O) groups is 1. The van der Waals surface area contributed by atoms with Crippen molar-refractivity contribution in [1.82, 2.24) is 4.90 Å². The van der Waals surface area contributed by atoms with Gasteiger partial charge in [-0.3, -0.25) is 9.69 Å². The smallest absolute Gasteiger partial charge is 0.160 e. The van der Waals surface area contributed by atoms with Gasteiger partial charge in [0, 0.05) is 13.1 Å². The summed E-state index contributed by atoms with van der Waals surface area (Å²) < 4.78 is 0. The lowest BCUT2D eigenvalue weighted by Crippen LogP contribution is -2.42. The summed E-state index contributed by atoms with van der Waals surface area (Å²) in [7, 11) is 0. The van der Waals surface area contributed by atoms with E-state index in [2.05, 4.69) is 81.5 Å². The van der Waals surface area contributed by atoms with Crippen molar-refractivity contribution in [3.05, 3.63) is 108 Å². The van der Waals surface area contributed by atoms with Crippen LogP contribution in [0, 0.1) is 0 Å². The minimum Gasteiger partial charge on any atom is -0.297 e. The predicted molar refractivity (Wildman–Crippen MR) is 115 cm³/mol. The van der Waals surface area contributed by atoms with Crippen LogP contribution in [0.4, 0.5) is 0 Å². The maximum atomic E-state index is 12.8. The average Bonchev–Trinajstić information content (AvgIpc) is 2.73. The third-order valence-electron chi connectivity index (χ3n) is 4.67. The monoisotopic (exact) mass is 421 g/mol. The van der Waals surface area contributed by atoms with Crippen LogP contribution in [0.25, 0.3) is 0 Å². The van der Waals surface area contributed by atoms with Gasteiger partial charge in [-0.1, -0.05) is 107 Å². The zero-order valence-electron chi connectivity index (χ0n) is 15.3. The van der Waals surface area contributed by atoms with Gasteiger partial charge in [0.1, 0.15) is 0 Å². The number of rotatable bonds is 9. The lowest BCUT2D eigenvalue weighted by molar-refractivity contribution is -0.122. The highest BCUT2D eigenvalue weighted by Gasteiger charge is 2.25. The van der Waals surface area contributed by atoms with Gasteiger partial charge in [-0.15, -0.1) is 0 Å². The minimum absolute atomic E-state index is 0.174. The van der Waals surface area contributed by atoms with Gasteiger partial charge in [-0.2, -0.15) is 0 Å². The Morgan fingerprint density at radius 2 is 1.11 bits per heavy atom. The molecule has 1 unspecified atom stereocenters. The summed E-state index contributed by atoms with van der Waals surface area (Å²) in [5.74, 6) is 0.214. The second kappa shape index (κ2) is 10.2. The molecule has 0 saturated heterocycles. The molecule has 1 atom stereocenters. The number of hydrogen-bond acceptors (Lipinski definition) is 2. The molecule has 0 aliphatic heterocycles. The minimum atomic E-state index is -0.174. The molecule has 138 valence electrons. The lowest BCUT2D eigenvalue weighted by atomic mass is 10.00. The molecule has 2 nitrogen and oxygen atoms in total. The Hall–Kier alpha value is -2.23. The second-order valence-electron chi connectivity index (χ2n) is 6.68. The normalized spacial score (nSPS) is 12.1. The van der Waals surface area contributed by atoms with Crippen LogP contribution in [-0.4, -0.2) is 22.1 Å². The fourth-order valence-electron chi connectivity index (χ4n) is 3.29. The number of benzene rings is 3. The van der Waals surface area contributed by atoms with Gasteiger partial charge in [0.15, 0.2) is 5.78 Å². The largest absolute Gasteiger partial charge is 0.297 e. The van der Waals surface area contributed by atoms with Crippen molar-refractivity contribution in [3.63, 3.8) is 0 Å². The summed E-state index contributed by atoms with van der Waals surface area (Å²) in [4.78, 5) is 15.1. The van der Waals surface area contributed by atoms with Crippen LogP contribution in [0.2, 0.25) is 0 Å². The van der Waals surface area contributed by atoms with Gasteiger partial charge >= 0.3 is 0 Å². The van der Waals surface area contributed by atoms with E-state index in [0.29, 0.717) is 11.8 Å². The molecule has 0 bridgehead atoms. The Bertz CT molecular complexity index is 779. The fraction of sp³-hybridized carbons (Fsp3) is 0.208. The summed E-state index contributed by atoms with van der Waals surface area (Å²) in [6, 6.07) is 30.8. The first-order chi connectivity index (χ1) is 13.3. The Morgan fingerprint density at radius 3 is 1.52 bits per heavy atom. The number of ketones is 1. The summed E-state index contributed by atoms with van der Waals surface area (Å²) in [6.45, 7) is 1.48. The second-order valence-corrected chi connectivity index (χ2v) is 7.24. The molecular formula is C24H24BrNO. The molecule has 0 amide bonds. The van der Waals surface area contributed by atoms with Crippen molar-refractivity contribution in [2.45, 2.75) is 25.6 Å². The maximum Gasteiger partial charge on any atom is 0.160 e. The van der Waals surface area contributed by atoms with Crippen LogP contribution in [0.5, 0.6) is 0 Å². The summed E-state index contributed by atoms with van der Waals surface area (Å²) in [5.41, 5.74) is 3.62. The molecular weight excluding hydrogens is 398 g/mol. The Balaban J connectivity index is 1.89. The van der Waals surface area contributed by atoms with Gasteiger partial charge in [0.2, 0.25) is 0 Å². The first-order valence-corrected chi connectivity index (χ1v) is 10.3. The maximum absolute atomic E-state index is 12.8. The zero-order valence-corrected chi connectivity index (χ0v) is 16.9. The Kier molecular flexibility index (Phi) is 7.37. The number of alkyl halides is 1. The van der Waals surface area contributed by atoms with Crippen molar-refractivity contribution in [2.75, 3.05) is 5.33 Å². The highest BCUT2D eigenvalue weighted by molar-refractivity contribution is 9.09. The van der Waals surface area contributed by atoms with Crippen LogP contribution >= 0.6 is 15.9 Å². The van der Waals surface area contributed by atoms with E-state index in [-0.39, 0.29) is 11.8 Å². The first kappa shape index (κ1) is 19.5. The third kappa shape index (κ3) is 5.88. The van der Waals surface area contributed by atoms with Crippen LogP contribution in [0.15, 0.2) is 91.0 Å². The molecule has 3 aromatic carbocycles. The number of hydrogen-bond donors (Lipinski definition) is 0. The fourth-order valence-corrected chi connectivity index (χ4v) is 3.66. The molecule has 3 rings (SSSR count). The summed E-state index contributed by atoms with van der Waals surface area (Å²) in [6.07, 6.45) is 0.713. The van der Waals surface area contributed by atoms with Crippen LogP contribution in [0.3, 0.4) is 0 Å². The van der Waals surface area contributed by atoms with Gasteiger partial charge in [0.25, 0.3) is 0 Å². The van der Waals surface area contributed by atoms with Crippen molar-refractivity contribution in [3.8, 4) is 0 Å². The molecule has 0 aliphatic rings. The van der Waals surface area contributed by atoms with Crippen molar-refractivity contribution >= 4 is 21.7 Å². The van der Waals surface area contributed by atoms with E-state index < -0.39 is 0 Å². The quantitative estimate of drug-likeness (QED) is 0.438. The molecule has 0 heterocycles. The summed E-state index contributed by atoms with van der Waals surface area (Å²) in [5, 5.41) is 0.366. The molecule has 0 aliphatic carbocycles. The van der Waals surface area contributed by atoms with E-state index in [9.17, 15) is 4.79 Å². The number of Topliss-reactive ketones (excluding diaryl/α,β-unsaturated/α-hetero) is 1. The zero-order chi connectivity index (χ0) is 18.9. The van der Waals surface area contributed by atoms with Gasteiger partial charge in [-0.25, -0.2) is 0 Å². The number of halogens is 1. The van der Waals surface area contributed by atoms with E-state index in [1.165, 1.54) is 16.7 Å². The van der Waals surface area contributed by atoms with Gasteiger partial charge < -0.3 is 0 Å². The van der Waals surface area contributed by atoms with E-state index in [4.69, 9.17) is 0 Å². The summed E-state index contributed by atoms with van der Waals surface area (Å²) >= 11 is 3.39. The van der Waals surface area contributed by atoms with Crippen LogP contribution in [0.1, 0.15) is 16.7 Å². The van der Waals surface area contributed by atoms with Gasteiger partial charge in [-0.05, 0) is 23.1 Å². The van der Waals surface area contributed by atoms with Crippen molar-refractivity contribution < 1.29 is 4.79 Å². The van der Waals surface area contributed by atoms with Crippen molar-refractivity contribution in [1.29, 1.82) is 0 Å². The number of carbonyl (C=O) groups excluding carboxylic acids is 1. The Morgan fingerprint density at radius 1 is 0.704 bits per heavy atom. The molecule has 0 spiro atoms. The molecule has 0 fully saturated rings. The van der Waals surface area contributed by atoms with E-state index in [0.717, 1.165) is 13.1 Å². The standard InChI is InChI=1S/C24H24BrNO/c25-17-24(27)23(16-20-10-4-1-5-11-20)26(18-21-12-6-2-7-13-21)19-22-14-8-3-9-15-22/h1-15,23H,16-19H2.